The highest BCUT2D eigenvalue weighted by molar-refractivity contribution is 7.91. The largest absolute Gasteiger partial charge is 0.492 e. The van der Waals surface area contributed by atoms with Crippen LogP contribution in [0, 0.1) is 0 Å². The Hall–Kier alpha value is -1.15. The van der Waals surface area contributed by atoms with E-state index in [4.69, 9.17) is 9.47 Å². The Kier molecular flexibility index (Phi) is 5.23. The molecule has 6 nitrogen and oxygen atoms in total. The Labute approximate surface area is 155 Å². The van der Waals surface area contributed by atoms with Crippen LogP contribution in [0.25, 0.3) is 0 Å². The van der Waals surface area contributed by atoms with Gasteiger partial charge in [0.1, 0.15) is 12.4 Å². The molecule has 1 N–H and O–H groups in total. The molecule has 1 aromatic rings. The second kappa shape index (κ2) is 7.46. The van der Waals surface area contributed by atoms with Crippen molar-refractivity contribution in [1.29, 1.82) is 0 Å². The maximum absolute atomic E-state index is 11.5. The van der Waals surface area contributed by atoms with Gasteiger partial charge in [-0.15, -0.1) is 0 Å². The zero-order valence-electron chi connectivity index (χ0n) is 15.2. The van der Waals surface area contributed by atoms with Crippen molar-refractivity contribution >= 4 is 9.84 Å². The van der Waals surface area contributed by atoms with Gasteiger partial charge in [-0.25, -0.2) is 8.42 Å². The number of hydrogen-bond donors (Lipinski definition) is 1. The van der Waals surface area contributed by atoms with Crippen molar-refractivity contribution in [2.24, 2.45) is 0 Å². The summed E-state index contributed by atoms with van der Waals surface area (Å²) in [7, 11) is -2.82. The lowest BCUT2D eigenvalue weighted by Crippen LogP contribution is -2.44. The van der Waals surface area contributed by atoms with E-state index in [-0.39, 0.29) is 17.1 Å². The second-order valence-corrected chi connectivity index (χ2v) is 9.81. The minimum atomic E-state index is -2.82. The van der Waals surface area contributed by atoms with Gasteiger partial charge in [0.25, 0.3) is 0 Å². The Balaban J connectivity index is 1.35. The average Bonchev–Trinajstić information content (AvgIpc) is 2.64. The van der Waals surface area contributed by atoms with Gasteiger partial charge in [0.15, 0.2) is 9.84 Å². The van der Waals surface area contributed by atoms with Crippen molar-refractivity contribution in [2.45, 2.75) is 24.9 Å². The Bertz CT molecular complexity index is 730. The smallest absolute Gasteiger partial charge is 0.152 e. The van der Waals surface area contributed by atoms with E-state index in [2.05, 4.69) is 28.4 Å². The van der Waals surface area contributed by atoms with Crippen molar-refractivity contribution in [2.75, 3.05) is 57.4 Å². The van der Waals surface area contributed by atoms with E-state index in [0.29, 0.717) is 19.7 Å². The van der Waals surface area contributed by atoms with Gasteiger partial charge in [-0.1, -0.05) is 6.07 Å². The molecule has 4 rings (SSSR count). The monoisotopic (exact) mass is 380 g/mol. The summed E-state index contributed by atoms with van der Waals surface area (Å²) in [6, 6.07) is 6.41. The first-order valence-electron chi connectivity index (χ1n) is 9.60. The van der Waals surface area contributed by atoms with Crippen LogP contribution in [0.5, 0.6) is 5.75 Å². The summed E-state index contributed by atoms with van der Waals surface area (Å²) in [5, 5.41) is 3.42. The van der Waals surface area contributed by atoms with E-state index < -0.39 is 9.84 Å². The lowest BCUT2D eigenvalue weighted by atomic mass is 9.80. The van der Waals surface area contributed by atoms with E-state index >= 15 is 0 Å². The highest BCUT2D eigenvalue weighted by Gasteiger charge is 2.38. The molecule has 144 valence electrons. The van der Waals surface area contributed by atoms with E-state index in [1.165, 1.54) is 11.1 Å². The number of fused-ring (bicyclic) bond motifs is 2. The molecule has 0 aromatic heterocycles. The quantitative estimate of drug-likeness (QED) is 0.839. The third-order valence-corrected chi connectivity index (χ3v) is 7.45. The van der Waals surface area contributed by atoms with Gasteiger partial charge >= 0.3 is 0 Å². The van der Waals surface area contributed by atoms with Crippen molar-refractivity contribution in [1.82, 2.24) is 10.2 Å². The molecule has 0 amide bonds. The summed E-state index contributed by atoms with van der Waals surface area (Å²) in [6.07, 6.45) is 2.99. The van der Waals surface area contributed by atoms with Crippen molar-refractivity contribution in [3.63, 3.8) is 0 Å². The first-order chi connectivity index (χ1) is 12.6. The number of piperidine rings is 1. The molecule has 1 spiro atoms. The number of benzene rings is 1. The lowest BCUT2D eigenvalue weighted by Gasteiger charge is -2.42. The molecule has 0 aliphatic carbocycles. The fraction of sp³-hybridized carbons (Fsp3) is 0.684. The predicted molar refractivity (Wildman–Crippen MR) is 100 cm³/mol. The number of nitrogens with one attached hydrogen (secondary N) is 1. The zero-order chi connectivity index (χ0) is 18.0. The SMILES string of the molecule is O=S1(=O)CCN(CCOc2ccc3c(c2)CCOC32CCNCC2)CC1. The topological polar surface area (TPSA) is 67.9 Å². The van der Waals surface area contributed by atoms with Gasteiger partial charge in [-0.3, -0.25) is 4.90 Å². The molecule has 2 fully saturated rings. The first kappa shape index (κ1) is 18.2. The lowest BCUT2D eigenvalue weighted by molar-refractivity contribution is -0.0802. The van der Waals surface area contributed by atoms with Crippen LogP contribution in [0.1, 0.15) is 24.0 Å². The van der Waals surface area contributed by atoms with Crippen LogP contribution >= 0.6 is 0 Å². The molecule has 3 heterocycles. The summed E-state index contributed by atoms with van der Waals surface area (Å²) < 4.78 is 35.1. The Morgan fingerprint density at radius 1 is 1.19 bits per heavy atom. The zero-order valence-corrected chi connectivity index (χ0v) is 16.0. The molecule has 0 radical (unpaired) electrons. The number of hydrogen-bond acceptors (Lipinski definition) is 6. The number of nitrogens with zero attached hydrogens (tertiary/aromatic N) is 1. The molecular weight excluding hydrogens is 352 g/mol. The molecule has 3 aliphatic heterocycles. The van der Waals surface area contributed by atoms with Gasteiger partial charge in [0.05, 0.1) is 23.7 Å². The summed E-state index contributed by atoms with van der Waals surface area (Å²) >= 11 is 0. The van der Waals surface area contributed by atoms with Crippen LogP contribution in [0.2, 0.25) is 0 Å². The molecule has 26 heavy (non-hydrogen) atoms. The molecule has 2 saturated heterocycles. The van der Waals surface area contributed by atoms with Gasteiger partial charge in [0.2, 0.25) is 0 Å². The molecule has 0 unspecified atom stereocenters. The Morgan fingerprint density at radius 2 is 1.96 bits per heavy atom. The first-order valence-corrected chi connectivity index (χ1v) is 11.4. The normalized spacial score (nSPS) is 24.9. The maximum Gasteiger partial charge on any atom is 0.152 e. The molecule has 7 heteroatoms. The van der Waals surface area contributed by atoms with Crippen molar-refractivity contribution in [3.05, 3.63) is 29.3 Å². The molecule has 0 bridgehead atoms. The molecule has 0 saturated carbocycles. The van der Waals surface area contributed by atoms with Crippen molar-refractivity contribution < 1.29 is 17.9 Å². The van der Waals surface area contributed by atoms with Crippen LogP contribution in [0.4, 0.5) is 0 Å². The van der Waals surface area contributed by atoms with Gasteiger partial charge in [0, 0.05) is 19.6 Å². The summed E-state index contributed by atoms with van der Waals surface area (Å²) in [5.74, 6) is 1.44. The van der Waals surface area contributed by atoms with Crippen LogP contribution in [0.15, 0.2) is 18.2 Å². The third kappa shape index (κ3) is 3.91. The fourth-order valence-electron chi connectivity index (χ4n) is 4.26. The van der Waals surface area contributed by atoms with Crippen LogP contribution in [0.3, 0.4) is 0 Å². The van der Waals surface area contributed by atoms with Gasteiger partial charge in [-0.05, 0) is 55.6 Å². The highest BCUT2D eigenvalue weighted by Crippen LogP contribution is 2.41. The maximum atomic E-state index is 11.5. The Morgan fingerprint density at radius 3 is 2.73 bits per heavy atom. The van der Waals surface area contributed by atoms with E-state index in [1.54, 1.807) is 0 Å². The second-order valence-electron chi connectivity index (χ2n) is 7.50. The minimum absolute atomic E-state index is 0.114. The van der Waals surface area contributed by atoms with Crippen LogP contribution < -0.4 is 10.1 Å². The average molecular weight is 381 g/mol. The van der Waals surface area contributed by atoms with E-state index in [9.17, 15) is 8.42 Å². The van der Waals surface area contributed by atoms with Gasteiger partial charge in [-0.2, -0.15) is 0 Å². The molecular formula is C19H28N2O4S. The third-order valence-electron chi connectivity index (χ3n) is 5.84. The number of rotatable bonds is 4. The number of sulfone groups is 1. The van der Waals surface area contributed by atoms with Gasteiger partial charge < -0.3 is 14.8 Å². The van der Waals surface area contributed by atoms with Crippen LogP contribution in [-0.4, -0.2) is 70.8 Å². The van der Waals surface area contributed by atoms with Crippen LogP contribution in [-0.2, 0) is 26.6 Å². The summed E-state index contributed by atoms with van der Waals surface area (Å²) in [6.45, 7) is 5.37. The predicted octanol–water partition coefficient (Wildman–Crippen LogP) is 0.947. The fourth-order valence-corrected chi connectivity index (χ4v) is 5.53. The standard InChI is InChI=1S/C19H28N2O4S/c22-26(23)13-9-21(10-14-26)8-12-24-17-1-2-18-16(15-17)3-11-25-19(18)4-6-20-7-5-19/h1-2,15,20H,3-14H2. The highest BCUT2D eigenvalue weighted by atomic mass is 32.2. The molecule has 3 aliphatic rings. The number of ether oxygens (including phenoxy) is 2. The van der Waals surface area contributed by atoms with E-state index in [1.807, 2.05) is 0 Å². The summed E-state index contributed by atoms with van der Waals surface area (Å²) in [5.41, 5.74) is 2.56. The molecule has 1 aromatic carbocycles. The van der Waals surface area contributed by atoms with Crippen molar-refractivity contribution in [3.8, 4) is 5.75 Å². The summed E-state index contributed by atoms with van der Waals surface area (Å²) in [4.78, 5) is 2.16. The van der Waals surface area contributed by atoms with E-state index in [0.717, 1.165) is 51.3 Å². The molecule has 0 atom stereocenters. The minimum Gasteiger partial charge on any atom is -0.492 e.